The summed E-state index contributed by atoms with van der Waals surface area (Å²) in [5.41, 5.74) is 1.21. The molecule has 2 N–H and O–H groups in total. The molecular formula is C16H29IN4O. The van der Waals surface area contributed by atoms with E-state index in [2.05, 4.69) is 46.6 Å². The van der Waals surface area contributed by atoms with Crippen molar-refractivity contribution in [2.24, 2.45) is 4.99 Å². The first-order chi connectivity index (χ1) is 10.3. The van der Waals surface area contributed by atoms with Crippen LogP contribution in [-0.4, -0.2) is 57.8 Å². The molecule has 126 valence electrons. The fourth-order valence-electron chi connectivity index (χ4n) is 1.82. The van der Waals surface area contributed by atoms with E-state index in [1.165, 1.54) is 5.56 Å². The number of hydrogen-bond donors (Lipinski definition) is 2. The number of guanidine groups is 1. The SMILES string of the molecule is CCNC(=NCc1ccccc1)NCCN(C)CCOC.I. The van der Waals surface area contributed by atoms with Crippen molar-refractivity contribution in [3.63, 3.8) is 0 Å². The zero-order valence-electron chi connectivity index (χ0n) is 13.8. The van der Waals surface area contributed by atoms with Crippen molar-refractivity contribution in [1.29, 1.82) is 0 Å². The summed E-state index contributed by atoms with van der Waals surface area (Å²) in [5, 5.41) is 6.62. The topological polar surface area (TPSA) is 48.9 Å². The molecule has 0 bridgehead atoms. The zero-order valence-corrected chi connectivity index (χ0v) is 16.2. The van der Waals surface area contributed by atoms with E-state index < -0.39 is 0 Å². The number of likely N-dealkylation sites (N-methyl/N-ethyl adjacent to an activating group) is 1. The molecule has 1 rings (SSSR count). The predicted molar refractivity (Wildman–Crippen MR) is 104 cm³/mol. The Bertz CT molecular complexity index is 400. The molecular weight excluding hydrogens is 391 g/mol. The van der Waals surface area contributed by atoms with E-state index in [1.807, 2.05) is 18.2 Å². The van der Waals surface area contributed by atoms with E-state index >= 15 is 0 Å². The van der Waals surface area contributed by atoms with Crippen LogP contribution in [0.3, 0.4) is 0 Å². The van der Waals surface area contributed by atoms with Crippen molar-refractivity contribution >= 4 is 29.9 Å². The maximum absolute atomic E-state index is 5.07. The number of methoxy groups -OCH3 is 1. The van der Waals surface area contributed by atoms with Gasteiger partial charge in [-0.05, 0) is 19.5 Å². The predicted octanol–water partition coefficient (Wildman–Crippen LogP) is 1.94. The molecule has 0 heterocycles. The molecule has 0 saturated heterocycles. The molecule has 0 amide bonds. The van der Waals surface area contributed by atoms with Gasteiger partial charge in [0.1, 0.15) is 0 Å². The van der Waals surface area contributed by atoms with Crippen molar-refractivity contribution in [3.05, 3.63) is 35.9 Å². The van der Waals surface area contributed by atoms with E-state index in [0.29, 0.717) is 6.54 Å². The monoisotopic (exact) mass is 420 g/mol. The van der Waals surface area contributed by atoms with Crippen molar-refractivity contribution in [2.75, 3.05) is 46.9 Å². The lowest BCUT2D eigenvalue weighted by atomic mass is 10.2. The van der Waals surface area contributed by atoms with Gasteiger partial charge in [0.15, 0.2) is 5.96 Å². The van der Waals surface area contributed by atoms with Crippen molar-refractivity contribution in [2.45, 2.75) is 13.5 Å². The zero-order chi connectivity index (χ0) is 15.3. The third-order valence-electron chi connectivity index (χ3n) is 3.07. The van der Waals surface area contributed by atoms with E-state index in [4.69, 9.17) is 4.74 Å². The molecule has 5 nitrogen and oxygen atoms in total. The molecule has 6 heteroatoms. The van der Waals surface area contributed by atoms with Gasteiger partial charge in [0.25, 0.3) is 0 Å². The molecule has 0 aliphatic heterocycles. The van der Waals surface area contributed by atoms with Crippen LogP contribution >= 0.6 is 24.0 Å². The van der Waals surface area contributed by atoms with Crippen molar-refractivity contribution < 1.29 is 4.74 Å². The summed E-state index contributed by atoms with van der Waals surface area (Å²) in [4.78, 5) is 6.83. The summed E-state index contributed by atoms with van der Waals surface area (Å²) in [6, 6.07) is 10.3. The molecule has 0 unspecified atom stereocenters. The number of halogens is 1. The van der Waals surface area contributed by atoms with E-state index in [1.54, 1.807) is 7.11 Å². The first kappa shape index (κ1) is 21.1. The third-order valence-corrected chi connectivity index (χ3v) is 3.07. The molecule has 0 radical (unpaired) electrons. The maximum Gasteiger partial charge on any atom is 0.191 e. The highest BCUT2D eigenvalue weighted by Crippen LogP contribution is 1.99. The fraction of sp³-hybridized carbons (Fsp3) is 0.562. The van der Waals surface area contributed by atoms with Gasteiger partial charge >= 0.3 is 0 Å². The van der Waals surface area contributed by atoms with Crippen LogP contribution < -0.4 is 10.6 Å². The Morgan fingerprint density at radius 2 is 1.91 bits per heavy atom. The van der Waals surface area contributed by atoms with Gasteiger partial charge in [0.2, 0.25) is 0 Å². The van der Waals surface area contributed by atoms with Crippen molar-refractivity contribution in [3.8, 4) is 0 Å². The Labute approximate surface area is 151 Å². The Balaban J connectivity index is 0.00000441. The van der Waals surface area contributed by atoms with Gasteiger partial charge in [-0.1, -0.05) is 30.3 Å². The number of rotatable bonds is 9. The minimum absolute atomic E-state index is 0. The Kier molecular flexibility index (Phi) is 13.2. The van der Waals surface area contributed by atoms with Gasteiger partial charge in [-0.25, -0.2) is 4.99 Å². The van der Waals surface area contributed by atoms with Gasteiger partial charge in [0, 0.05) is 33.3 Å². The standard InChI is InChI=1S/C16H28N4O.HI/c1-4-17-16(18-10-11-20(2)12-13-21-3)19-14-15-8-6-5-7-9-15;/h5-9H,4,10-14H2,1-3H3,(H2,17,18,19);1H. The summed E-state index contributed by atoms with van der Waals surface area (Å²) in [7, 11) is 3.82. The van der Waals surface area contributed by atoms with Gasteiger partial charge in [0.05, 0.1) is 13.2 Å². The molecule has 0 aliphatic carbocycles. The minimum atomic E-state index is 0. The number of hydrogen-bond acceptors (Lipinski definition) is 3. The Morgan fingerprint density at radius 3 is 2.55 bits per heavy atom. The smallest absolute Gasteiger partial charge is 0.191 e. The number of aliphatic imine (C=N–C) groups is 1. The molecule has 1 aromatic rings. The molecule has 0 fully saturated rings. The van der Waals surface area contributed by atoms with Gasteiger partial charge < -0.3 is 20.3 Å². The van der Waals surface area contributed by atoms with Crippen LogP contribution in [0.2, 0.25) is 0 Å². The molecule has 0 aliphatic rings. The van der Waals surface area contributed by atoms with Crippen LogP contribution in [0, 0.1) is 0 Å². The number of nitrogens with zero attached hydrogens (tertiary/aromatic N) is 2. The average Bonchev–Trinajstić information content (AvgIpc) is 2.51. The lowest BCUT2D eigenvalue weighted by Gasteiger charge is -2.17. The molecule has 0 aromatic heterocycles. The first-order valence-electron chi connectivity index (χ1n) is 7.49. The second-order valence-electron chi connectivity index (χ2n) is 4.90. The second-order valence-corrected chi connectivity index (χ2v) is 4.90. The normalized spacial score (nSPS) is 11.2. The highest BCUT2D eigenvalue weighted by Gasteiger charge is 2.00. The summed E-state index contributed by atoms with van der Waals surface area (Å²) in [6.45, 7) is 7.15. The number of benzene rings is 1. The van der Waals surface area contributed by atoms with Crippen LogP contribution in [0.4, 0.5) is 0 Å². The fourth-order valence-corrected chi connectivity index (χ4v) is 1.82. The van der Waals surface area contributed by atoms with Crippen LogP contribution in [0.1, 0.15) is 12.5 Å². The first-order valence-corrected chi connectivity index (χ1v) is 7.49. The number of ether oxygens (including phenoxy) is 1. The van der Waals surface area contributed by atoms with E-state index in [-0.39, 0.29) is 24.0 Å². The lowest BCUT2D eigenvalue weighted by Crippen LogP contribution is -2.41. The second kappa shape index (κ2) is 13.8. The molecule has 0 saturated carbocycles. The maximum atomic E-state index is 5.07. The largest absolute Gasteiger partial charge is 0.383 e. The Morgan fingerprint density at radius 1 is 1.18 bits per heavy atom. The van der Waals surface area contributed by atoms with E-state index in [0.717, 1.165) is 38.7 Å². The molecule has 22 heavy (non-hydrogen) atoms. The van der Waals surface area contributed by atoms with Crippen LogP contribution in [0.15, 0.2) is 35.3 Å². The minimum Gasteiger partial charge on any atom is -0.383 e. The highest BCUT2D eigenvalue weighted by atomic mass is 127. The van der Waals surface area contributed by atoms with Gasteiger partial charge in [-0.15, -0.1) is 24.0 Å². The quantitative estimate of drug-likeness (QED) is 0.364. The van der Waals surface area contributed by atoms with Crippen LogP contribution in [-0.2, 0) is 11.3 Å². The summed E-state index contributed by atoms with van der Waals surface area (Å²) in [6.07, 6.45) is 0. The number of nitrogens with one attached hydrogen (secondary N) is 2. The Hall–Kier alpha value is -0.860. The average molecular weight is 420 g/mol. The molecule has 0 atom stereocenters. The lowest BCUT2D eigenvalue weighted by molar-refractivity contribution is 0.162. The van der Waals surface area contributed by atoms with Gasteiger partial charge in [-0.2, -0.15) is 0 Å². The van der Waals surface area contributed by atoms with Crippen molar-refractivity contribution in [1.82, 2.24) is 15.5 Å². The highest BCUT2D eigenvalue weighted by molar-refractivity contribution is 14.0. The summed E-state index contributed by atoms with van der Waals surface area (Å²) in [5.74, 6) is 0.862. The summed E-state index contributed by atoms with van der Waals surface area (Å²) >= 11 is 0. The van der Waals surface area contributed by atoms with E-state index in [9.17, 15) is 0 Å². The third kappa shape index (κ3) is 9.97. The molecule has 1 aromatic carbocycles. The molecule has 0 spiro atoms. The van der Waals surface area contributed by atoms with Crippen LogP contribution in [0.25, 0.3) is 0 Å². The summed E-state index contributed by atoms with van der Waals surface area (Å²) < 4.78 is 5.07. The van der Waals surface area contributed by atoms with Crippen LogP contribution in [0.5, 0.6) is 0 Å². The van der Waals surface area contributed by atoms with Gasteiger partial charge in [-0.3, -0.25) is 0 Å².